The predicted octanol–water partition coefficient (Wildman–Crippen LogP) is 2.11. The molecule has 0 aliphatic carbocycles. The first kappa shape index (κ1) is 11.8. The van der Waals surface area contributed by atoms with E-state index >= 15 is 0 Å². The minimum atomic E-state index is -0.229. The largest absolute Gasteiger partial charge is 0.493 e. The second kappa shape index (κ2) is 4.47. The third kappa shape index (κ3) is 2.37. The van der Waals surface area contributed by atoms with Gasteiger partial charge in [0.1, 0.15) is 5.82 Å². The lowest BCUT2D eigenvalue weighted by atomic mass is 10.1. The van der Waals surface area contributed by atoms with E-state index in [1.165, 1.54) is 0 Å². The van der Waals surface area contributed by atoms with Crippen molar-refractivity contribution in [2.75, 3.05) is 0 Å². The molecular formula is C11H18N2O2. The molecule has 4 heteroatoms. The molecule has 1 rings (SSSR count). The van der Waals surface area contributed by atoms with Crippen LogP contribution in [0.25, 0.3) is 0 Å². The van der Waals surface area contributed by atoms with Crippen molar-refractivity contribution >= 4 is 0 Å². The van der Waals surface area contributed by atoms with Gasteiger partial charge < -0.3 is 10.1 Å². The van der Waals surface area contributed by atoms with Crippen LogP contribution in [-0.4, -0.2) is 15.1 Å². The molecule has 0 aliphatic rings. The van der Waals surface area contributed by atoms with Crippen molar-refractivity contribution < 1.29 is 5.11 Å². The molecule has 0 saturated heterocycles. The Morgan fingerprint density at radius 2 is 2.00 bits per heavy atom. The number of hydrogen-bond donors (Lipinski definition) is 2. The number of aromatic hydroxyl groups is 1. The average molecular weight is 210 g/mol. The number of aromatic nitrogens is 2. The fourth-order valence-corrected chi connectivity index (χ4v) is 1.43. The molecule has 1 aromatic rings. The number of hydrogen-bond acceptors (Lipinski definition) is 3. The molecule has 2 N–H and O–H groups in total. The molecule has 0 amide bonds. The van der Waals surface area contributed by atoms with Gasteiger partial charge in [-0.15, -0.1) is 0 Å². The van der Waals surface area contributed by atoms with Crippen molar-refractivity contribution in [3.05, 3.63) is 21.7 Å². The molecule has 0 radical (unpaired) electrons. The van der Waals surface area contributed by atoms with Crippen LogP contribution in [0, 0.1) is 0 Å². The van der Waals surface area contributed by atoms with Crippen molar-refractivity contribution in [1.82, 2.24) is 9.97 Å². The van der Waals surface area contributed by atoms with E-state index in [0.29, 0.717) is 11.4 Å². The van der Waals surface area contributed by atoms with Crippen molar-refractivity contribution in [3.63, 3.8) is 0 Å². The van der Waals surface area contributed by atoms with E-state index in [1.54, 1.807) is 0 Å². The van der Waals surface area contributed by atoms with E-state index in [2.05, 4.69) is 9.97 Å². The summed E-state index contributed by atoms with van der Waals surface area (Å²) >= 11 is 0. The number of H-pyrrole nitrogens is 1. The van der Waals surface area contributed by atoms with Crippen molar-refractivity contribution in [2.45, 2.75) is 46.0 Å². The summed E-state index contributed by atoms with van der Waals surface area (Å²) in [6.07, 6.45) is 0.878. The molecule has 1 heterocycles. The Labute approximate surface area is 89.4 Å². The van der Waals surface area contributed by atoms with Crippen molar-refractivity contribution in [3.8, 4) is 5.88 Å². The monoisotopic (exact) mass is 210 g/mol. The quantitative estimate of drug-likeness (QED) is 0.803. The van der Waals surface area contributed by atoms with Crippen LogP contribution in [0.1, 0.15) is 57.3 Å². The second-order valence-corrected chi connectivity index (χ2v) is 4.15. The van der Waals surface area contributed by atoms with E-state index in [-0.39, 0.29) is 23.3 Å². The van der Waals surface area contributed by atoms with Crippen LogP contribution >= 0.6 is 0 Å². The molecule has 0 aromatic carbocycles. The van der Waals surface area contributed by atoms with Gasteiger partial charge in [0, 0.05) is 5.92 Å². The lowest BCUT2D eigenvalue weighted by Crippen LogP contribution is -2.18. The van der Waals surface area contributed by atoms with Gasteiger partial charge in [0.05, 0.1) is 5.56 Å². The predicted molar refractivity (Wildman–Crippen MR) is 59.3 cm³/mol. The molecule has 0 bridgehead atoms. The Hall–Kier alpha value is -1.32. The maximum absolute atomic E-state index is 11.7. The topological polar surface area (TPSA) is 66.0 Å². The Bertz CT molecular complexity index is 396. The van der Waals surface area contributed by atoms with Crippen LogP contribution < -0.4 is 5.56 Å². The Morgan fingerprint density at radius 1 is 1.40 bits per heavy atom. The average Bonchev–Trinajstić information content (AvgIpc) is 2.14. The standard InChI is InChI=1S/C11H18N2O2/c1-5-7(4)9-12-10(14)8(6(2)3)11(15)13-9/h6-7H,5H2,1-4H3,(H2,12,13,14,15). The maximum atomic E-state index is 11.7. The second-order valence-electron chi connectivity index (χ2n) is 4.15. The Kier molecular flexibility index (Phi) is 3.50. The molecule has 1 unspecified atom stereocenters. The van der Waals surface area contributed by atoms with Gasteiger partial charge in [-0.25, -0.2) is 0 Å². The van der Waals surface area contributed by atoms with Gasteiger partial charge in [-0.2, -0.15) is 4.98 Å². The molecule has 0 spiro atoms. The molecular weight excluding hydrogens is 192 g/mol. The van der Waals surface area contributed by atoms with Gasteiger partial charge in [0.2, 0.25) is 5.88 Å². The smallest absolute Gasteiger partial charge is 0.258 e. The van der Waals surface area contributed by atoms with E-state index in [4.69, 9.17) is 0 Å². The van der Waals surface area contributed by atoms with Gasteiger partial charge in [-0.1, -0.05) is 27.7 Å². The Balaban J connectivity index is 3.26. The van der Waals surface area contributed by atoms with E-state index in [9.17, 15) is 9.90 Å². The van der Waals surface area contributed by atoms with Crippen LogP contribution in [-0.2, 0) is 0 Å². The summed E-state index contributed by atoms with van der Waals surface area (Å²) in [5, 5.41) is 9.66. The summed E-state index contributed by atoms with van der Waals surface area (Å²) in [6.45, 7) is 7.69. The van der Waals surface area contributed by atoms with Crippen molar-refractivity contribution in [1.29, 1.82) is 0 Å². The summed E-state index contributed by atoms with van der Waals surface area (Å²) < 4.78 is 0. The van der Waals surface area contributed by atoms with E-state index < -0.39 is 0 Å². The zero-order chi connectivity index (χ0) is 11.6. The lowest BCUT2D eigenvalue weighted by Gasteiger charge is -2.11. The SMILES string of the molecule is CCC(C)c1nc(O)c(C(C)C)c(=O)[nH]1. The van der Waals surface area contributed by atoms with Crippen LogP contribution in [0.15, 0.2) is 4.79 Å². The van der Waals surface area contributed by atoms with Gasteiger partial charge in [0.25, 0.3) is 5.56 Å². The summed E-state index contributed by atoms with van der Waals surface area (Å²) in [7, 11) is 0. The normalized spacial score (nSPS) is 13.1. The summed E-state index contributed by atoms with van der Waals surface area (Å²) in [4.78, 5) is 18.4. The molecule has 4 nitrogen and oxygen atoms in total. The molecule has 15 heavy (non-hydrogen) atoms. The molecule has 1 atom stereocenters. The highest BCUT2D eigenvalue weighted by Crippen LogP contribution is 2.21. The number of nitrogens with one attached hydrogen (secondary N) is 1. The fraction of sp³-hybridized carbons (Fsp3) is 0.636. The summed E-state index contributed by atoms with van der Waals surface area (Å²) in [6, 6.07) is 0. The van der Waals surface area contributed by atoms with Gasteiger partial charge >= 0.3 is 0 Å². The number of nitrogens with zero attached hydrogens (tertiary/aromatic N) is 1. The van der Waals surface area contributed by atoms with Crippen LogP contribution in [0.3, 0.4) is 0 Å². The molecule has 0 saturated carbocycles. The van der Waals surface area contributed by atoms with Crippen LogP contribution in [0.4, 0.5) is 0 Å². The van der Waals surface area contributed by atoms with Gasteiger partial charge in [-0.3, -0.25) is 4.79 Å². The molecule has 0 aliphatic heterocycles. The first-order chi connectivity index (χ1) is 6.97. The summed E-state index contributed by atoms with van der Waals surface area (Å²) in [5.74, 6) is 0.561. The first-order valence-electron chi connectivity index (χ1n) is 5.30. The van der Waals surface area contributed by atoms with Crippen LogP contribution in [0.2, 0.25) is 0 Å². The third-order valence-electron chi connectivity index (χ3n) is 2.61. The highest BCUT2D eigenvalue weighted by Gasteiger charge is 2.15. The first-order valence-corrected chi connectivity index (χ1v) is 5.30. The van der Waals surface area contributed by atoms with E-state index in [1.807, 2.05) is 27.7 Å². The van der Waals surface area contributed by atoms with Crippen molar-refractivity contribution in [2.24, 2.45) is 0 Å². The third-order valence-corrected chi connectivity index (χ3v) is 2.61. The Morgan fingerprint density at radius 3 is 2.40 bits per heavy atom. The number of aromatic amines is 1. The molecule has 84 valence electrons. The van der Waals surface area contributed by atoms with Crippen LogP contribution in [0.5, 0.6) is 5.88 Å². The minimum Gasteiger partial charge on any atom is -0.493 e. The lowest BCUT2D eigenvalue weighted by molar-refractivity contribution is 0.432. The summed E-state index contributed by atoms with van der Waals surface area (Å²) in [5.41, 5.74) is 0.134. The fourth-order valence-electron chi connectivity index (χ4n) is 1.43. The molecule has 0 fully saturated rings. The highest BCUT2D eigenvalue weighted by atomic mass is 16.3. The molecule has 1 aromatic heterocycles. The number of rotatable bonds is 3. The van der Waals surface area contributed by atoms with Gasteiger partial charge in [-0.05, 0) is 12.3 Å². The highest BCUT2D eigenvalue weighted by molar-refractivity contribution is 5.26. The maximum Gasteiger partial charge on any atom is 0.258 e. The zero-order valence-corrected chi connectivity index (χ0v) is 9.66. The van der Waals surface area contributed by atoms with Gasteiger partial charge in [0.15, 0.2) is 0 Å². The van der Waals surface area contributed by atoms with E-state index in [0.717, 1.165) is 6.42 Å². The zero-order valence-electron chi connectivity index (χ0n) is 9.66. The minimum absolute atomic E-state index is 0.0211.